The summed E-state index contributed by atoms with van der Waals surface area (Å²) in [5.41, 5.74) is 0. The molecule has 0 saturated heterocycles. The van der Waals surface area contributed by atoms with Gasteiger partial charge in [-0.25, -0.2) is 9.13 Å². The van der Waals surface area contributed by atoms with Crippen molar-refractivity contribution in [3.63, 3.8) is 0 Å². The molecule has 0 amide bonds. The van der Waals surface area contributed by atoms with Gasteiger partial charge in [0, 0.05) is 25.7 Å². The molecule has 0 rings (SSSR count). The minimum absolute atomic E-state index is 0.103. The third kappa shape index (κ3) is 56.6. The first-order chi connectivity index (χ1) is 40.2. The number of aliphatic hydroxyl groups excluding tert-OH is 1. The van der Waals surface area contributed by atoms with Crippen LogP contribution in [0, 0.1) is 23.7 Å². The number of hydrogen-bond acceptors (Lipinski definition) is 15. The zero-order valence-electron chi connectivity index (χ0n) is 54.5. The predicted molar refractivity (Wildman–Crippen MR) is 335 cm³/mol. The average Bonchev–Trinajstić information content (AvgIpc) is 3.46. The molecule has 0 saturated carbocycles. The lowest BCUT2D eigenvalue weighted by atomic mass is 10.00. The highest BCUT2D eigenvalue weighted by atomic mass is 31.2. The Hall–Kier alpha value is -1.94. The van der Waals surface area contributed by atoms with Gasteiger partial charge in [0.05, 0.1) is 26.4 Å². The number of aliphatic hydroxyl groups is 1. The summed E-state index contributed by atoms with van der Waals surface area (Å²) in [6, 6.07) is 0. The zero-order chi connectivity index (χ0) is 62.5. The van der Waals surface area contributed by atoms with Crippen molar-refractivity contribution in [2.75, 3.05) is 39.6 Å². The molecule has 0 aromatic carbocycles. The Kier molecular flexibility index (Phi) is 53.9. The van der Waals surface area contributed by atoms with Crippen LogP contribution >= 0.6 is 15.6 Å². The minimum atomic E-state index is -4.95. The van der Waals surface area contributed by atoms with Crippen LogP contribution in [0.15, 0.2) is 0 Å². The van der Waals surface area contributed by atoms with Crippen molar-refractivity contribution < 1.29 is 80.2 Å². The molecule has 0 radical (unpaired) electrons. The second-order valence-electron chi connectivity index (χ2n) is 24.9. The number of phosphoric ester groups is 2. The van der Waals surface area contributed by atoms with E-state index >= 15 is 0 Å². The van der Waals surface area contributed by atoms with Crippen LogP contribution in [0.2, 0.25) is 0 Å². The minimum Gasteiger partial charge on any atom is -0.462 e. The van der Waals surface area contributed by atoms with Gasteiger partial charge in [0.2, 0.25) is 0 Å². The molecule has 17 nitrogen and oxygen atoms in total. The van der Waals surface area contributed by atoms with Gasteiger partial charge in [-0.05, 0) is 49.4 Å². The summed E-state index contributed by atoms with van der Waals surface area (Å²) < 4.78 is 68.0. The molecular weight excluding hydrogens is 1110 g/mol. The van der Waals surface area contributed by atoms with Crippen LogP contribution in [0.5, 0.6) is 0 Å². The van der Waals surface area contributed by atoms with E-state index in [9.17, 15) is 43.2 Å². The monoisotopic (exact) mass is 1240 g/mol. The molecule has 0 spiro atoms. The largest absolute Gasteiger partial charge is 0.472 e. The molecule has 0 aromatic rings. The smallest absolute Gasteiger partial charge is 0.462 e. The lowest BCUT2D eigenvalue weighted by molar-refractivity contribution is -0.161. The lowest BCUT2D eigenvalue weighted by Crippen LogP contribution is -2.30. The van der Waals surface area contributed by atoms with E-state index < -0.39 is 97.5 Å². The summed E-state index contributed by atoms with van der Waals surface area (Å²) in [5.74, 6) is 0.792. The Morgan fingerprint density at radius 1 is 0.333 bits per heavy atom. The maximum absolute atomic E-state index is 13.0. The second kappa shape index (κ2) is 55.2. The van der Waals surface area contributed by atoms with E-state index in [1.54, 1.807) is 0 Å². The van der Waals surface area contributed by atoms with Gasteiger partial charge < -0.3 is 33.8 Å². The number of ether oxygens (including phenoxy) is 4. The fourth-order valence-electron chi connectivity index (χ4n) is 9.54. The molecule has 3 N–H and O–H groups in total. The zero-order valence-corrected chi connectivity index (χ0v) is 56.3. The summed E-state index contributed by atoms with van der Waals surface area (Å²) >= 11 is 0. The van der Waals surface area contributed by atoms with Gasteiger partial charge in [0.15, 0.2) is 12.2 Å². The quantitative estimate of drug-likeness (QED) is 0.0222. The first-order valence-electron chi connectivity index (χ1n) is 33.8. The molecular formula is C65H126O17P2. The highest BCUT2D eigenvalue weighted by Gasteiger charge is 2.30. The van der Waals surface area contributed by atoms with Crippen LogP contribution in [0.3, 0.4) is 0 Å². The summed E-state index contributed by atoms with van der Waals surface area (Å²) in [6.45, 7) is 14.0. The van der Waals surface area contributed by atoms with Crippen molar-refractivity contribution in [3.05, 3.63) is 0 Å². The van der Waals surface area contributed by atoms with E-state index in [0.717, 1.165) is 126 Å². The number of carbonyl (C=O) groups is 4. The third-order valence-electron chi connectivity index (χ3n) is 15.5. The van der Waals surface area contributed by atoms with Crippen LogP contribution in [-0.2, 0) is 65.4 Å². The number of rotatable bonds is 62. The van der Waals surface area contributed by atoms with E-state index in [1.807, 2.05) is 0 Å². The molecule has 0 aliphatic heterocycles. The Bertz CT molecular complexity index is 1680. The van der Waals surface area contributed by atoms with Crippen LogP contribution in [-0.4, -0.2) is 96.7 Å². The molecule has 0 aliphatic rings. The van der Waals surface area contributed by atoms with Crippen molar-refractivity contribution >= 4 is 39.5 Å². The van der Waals surface area contributed by atoms with Crippen LogP contribution in [0.1, 0.15) is 312 Å². The normalized spacial score (nSPS) is 15.1. The molecule has 0 fully saturated rings. The van der Waals surface area contributed by atoms with Crippen molar-refractivity contribution in [1.82, 2.24) is 0 Å². The third-order valence-corrected chi connectivity index (χ3v) is 17.4. The number of unbranched alkanes of at least 4 members (excludes halogenated alkanes) is 26. The molecule has 0 aliphatic carbocycles. The first-order valence-corrected chi connectivity index (χ1v) is 36.8. The number of phosphoric acid groups is 2. The molecule has 0 heterocycles. The van der Waals surface area contributed by atoms with Crippen molar-refractivity contribution in [1.29, 1.82) is 0 Å². The average molecular weight is 1240 g/mol. The Balaban J connectivity index is 5.27. The SMILES string of the molecule is CCC(C)CCCCCCCCC(=O)OC[C@H](COP(=O)(O)OC[C@H](O)COP(=O)(O)OC[C@@H](COC(=O)CCCCCCCCC(C)CC)OC(=O)CCCCCCCCCCC(C)C)OC(=O)CCCCCCCCCCCCC(C)C. The summed E-state index contributed by atoms with van der Waals surface area (Å²) in [6.07, 6.45) is 34.9. The van der Waals surface area contributed by atoms with E-state index in [4.69, 9.17) is 37.0 Å². The predicted octanol–water partition coefficient (Wildman–Crippen LogP) is 17.8. The van der Waals surface area contributed by atoms with Gasteiger partial charge in [0.1, 0.15) is 19.3 Å². The lowest BCUT2D eigenvalue weighted by Gasteiger charge is -2.21. The van der Waals surface area contributed by atoms with E-state index in [0.29, 0.717) is 25.7 Å². The standard InChI is InChI=1S/C65H126O17P2/c1-9-57(7)43-35-27-21-23-29-37-45-62(67)75-51-60(81-64(69)47-39-31-19-14-12-11-13-17-25-33-41-55(3)4)53-79-83(71,72)77-49-59(66)50-78-84(73,74)80-54-61(52-76-63(68)46-38-30-24-22-28-36-44-58(8)10-2)82-65(70)48-40-32-20-16-15-18-26-34-42-56(5)6/h55-61,66H,9-54H2,1-8H3,(H,71,72)(H,73,74)/t57?,58?,59-,60+,61+/m0/s1. The van der Waals surface area contributed by atoms with E-state index in [1.165, 1.54) is 103 Å². The number of hydrogen-bond donors (Lipinski definition) is 3. The summed E-state index contributed by atoms with van der Waals surface area (Å²) in [7, 11) is -9.89. The molecule has 498 valence electrons. The molecule has 19 heteroatoms. The van der Waals surface area contributed by atoms with Crippen LogP contribution in [0.25, 0.3) is 0 Å². The van der Waals surface area contributed by atoms with Gasteiger partial charge in [-0.15, -0.1) is 0 Å². The molecule has 0 bridgehead atoms. The maximum atomic E-state index is 13.0. The topological polar surface area (TPSA) is 237 Å². The Morgan fingerprint density at radius 3 is 0.845 bits per heavy atom. The number of esters is 4. The van der Waals surface area contributed by atoms with Gasteiger partial charge in [-0.3, -0.25) is 37.3 Å². The Morgan fingerprint density at radius 2 is 0.571 bits per heavy atom. The maximum Gasteiger partial charge on any atom is 0.472 e. The van der Waals surface area contributed by atoms with E-state index in [-0.39, 0.29) is 25.7 Å². The van der Waals surface area contributed by atoms with Crippen LogP contribution < -0.4 is 0 Å². The van der Waals surface area contributed by atoms with Crippen molar-refractivity contribution in [2.24, 2.45) is 23.7 Å². The van der Waals surface area contributed by atoms with Gasteiger partial charge in [-0.1, -0.05) is 261 Å². The molecule has 4 unspecified atom stereocenters. The fourth-order valence-corrected chi connectivity index (χ4v) is 11.1. The van der Waals surface area contributed by atoms with Gasteiger partial charge in [-0.2, -0.15) is 0 Å². The Labute approximate surface area is 511 Å². The molecule has 0 aromatic heterocycles. The molecule has 84 heavy (non-hydrogen) atoms. The highest BCUT2D eigenvalue weighted by Crippen LogP contribution is 2.45. The van der Waals surface area contributed by atoms with Crippen molar-refractivity contribution in [2.45, 2.75) is 331 Å². The summed E-state index contributed by atoms with van der Waals surface area (Å²) in [5, 5.41) is 10.5. The second-order valence-corrected chi connectivity index (χ2v) is 27.8. The van der Waals surface area contributed by atoms with Crippen LogP contribution in [0.4, 0.5) is 0 Å². The van der Waals surface area contributed by atoms with Crippen molar-refractivity contribution in [3.8, 4) is 0 Å². The molecule has 7 atom stereocenters. The fraction of sp³-hybridized carbons (Fsp3) is 0.938. The summed E-state index contributed by atoms with van der Waals surface area (Å²) in [4.78, 5) is 72.3. The highest BCUT2D eigenvalue weighted by molar-refractivity contribution is 7.47. The van der Waals surface area contributed by atoms with E-state index in [2.05, 4.69) is 55.4 Å². The van der Waals surface area contributed by atoms with Gasteiger partial charge >= 0.3 is 39.5 Å². The number of carbonyl (C=O) groups excluding carboxylic acids is 4. The first kappa shape index (κ1) is 82.1. The van der Waals surface area contributed by atoms with Gasteiger partial charge in [0.25, 0.3) is 0 Å².